The summed E-state index contributed by atoms with van der Waals surface area (Å²) in [4.78, 5) is 0. The van der Waals surface area contributed by atoms with Crippen LogP contribution in [0.5, 0.6) is 0 Å². The van der Waals surface area contributed by atoms with E-state index < -0.39 is 0 Å². The van der Waals surface area contributed by atoms with Crippen molar-refractivity contribution in [1.29, 1.82) is 0 Å². The zero-order valence-corrected chi connectivity index (χ0v) is 15.5. The highest BCUT2D eigenvalue weighted by atomic mass is 35.5. The maximum Gasteiger partial charge on any atom is 0.0420 e. The molecule has 0 nitrogen and oxygen atoms in total. The zero-order chi connectivity index (χ0) is 17.5. The molecule has 124 valence electrons. The third-order valence-corrected chi connectivity index (χ3v) is 6.09. The van der Waals surface area contributed by atoms with E-state index in [9.17, 15) is 0 Å². The summed E-state index contributed by atoms with van der Waals surface area (Å²) < 4.78 is 2.53. The third-order valence-electron chi connectivity index (χ3n) is 4.74. The van der Waals surface area contributed by atoms with Crippen LogP contribution in [-0.4, -0.2) is 0 Å². The molecule has 0 N–H and O–H groups in total. The Labute approximate surface area is 161 Å². The monoisotopic (exact) mass is 370 g/mol. The van der Waals surface area contributed by atoms with Crippen molar-refractivity contribution in [1.82, 2.24) is 0 Å². The standard InChI is InChI=1S/C24H15ClS/c25-19-12-13-21-23(15-19)26-22-11-5-10-20(24(21)22)18-9-4-8-17(14-18)16-6-2-1-3-7-16/h1-15H. The van der Waals surface area contributed by atoms with Crippen molar-refractivity contribution >= 4 is 43.1 Å². The van der Waals surface area contributed by atoms with Crippen LogP contribution in [0.25, 0.3) is 42.4 Å². The fourth-order valence-corrected chi connectivity index (χ4v) is 4.95. The van der Waals surface area contributed by atoms with Crippen molar-refractivity contribution in [3.8, 4) is 22.3 Å². The Kier molecular flexibility index (Phi) is 3.77. The lowest BCUT2D eigenvalue weighted by Crippen LogP contribution is -1.82. The van der Waals surface area contributed by atoms with Gasteiger partial charge in [0, 0.05) is 25.2 Å². The van der Waals surface area contributed by atoms with Crippen LogP contribution in [-0.2, 0) is 0 Å². The highest BCUT2D eigenvalue weighted by Crippen LogP contribution is 2.41. The maximum atomic E-state index is 6.20. The molecule has 0 aliphatic heterocycles. The van der Waals surface area contributed by atoms with E-state index in [-0.39, 0.29) is 0 Å². The van der Waals surface area contributed by atoms with Crippen molar-refractivity contribution in [2.75, 3.05) is 0 Å². The van der Waals surface area contributed by atoms with Crippen LogP contribution in [0.4, 0.5) is 0 Å². The number of halogens is 1. The van der Waals surface area contributed by atoms with Gasteiger partial charge in [0.1, 0.15) is 0 Å². The SMILES string of the molecule is Clc1ccc2c(c1)sc1cccc(-c3cccc(-c4ccccc4)c3)c12. The van der Waals surface area contributed by atoms with E-state index in [0.29, 0.717) is 0 Å². The lowest BCUT2D eigenvalue weighted by Gasteiger charge is -2.08. The first-order valence-electron chi connectivity index (χ1n) is 8.56. The van der Waals surface area contributed by atoms with Crippen molar-refractivity contribution in [3.63, 3.8) is 0 Å². The first kappa shape index (κ1) is 15.6. The van der Waals surface area contributed by atoms with E-state index in [1.54, 1.807) is 11.3 Å². The summed E-state index contributed by atoms with van der Waals surface area (Å²) >= 11 is 8.00. The minimum Gasteiger partial charge on any atom is -0.135 e. The molecule has 0 saturated heterocycles. The van der Waals surface area contributed by atoms with Gasteiger partial charge in [-0.05, 0) is 46.5 Å². The second-order valence-corrected chi connectivity index (χ2v) is 7.89. The summed E-state index contributed by atoms with van der Waals surface area (Å²) in [6.07, 6.45) is 0. The van der Waals surface area contributed by atoms with Gasteiger partial charge in [0.15, 0.2) is 0 Å². The van der Waals surface area contributed by atoms with Gasteiger partial charge in [-0.15, -0.1) is 11.3 Å². The highest BCUT2D eigenvalue weighted by molar-refractivity contribution is 7.26. The molecule has 0 fully saturated rings. The van der Waals surface area contributed by atoms with Crippen molar-refractivity contribution in [3.05, 3.63) is 96.0 Å². The Morgan fingerprint density at radius 2 is 1.35 bits per heavy atom. The topological polar surface area (TPSA) is 0 Å². The molecule has 1 aromatic heterocycles. The molecule has 0 amide bonds. The summed E-state index contributed by atoms with van der Waals surface area (Å²) in [6, 6.07) is 32.0. The Morgan fingerprint density at radius 3 is 2.23 bits per heavy atom. The molecule has 0 spiro atoms. The Morgan fingerprint density at radius 1 is 0.577 bits per heavy atom. The number of rotatable bonds is 2. The molecular formula is C24H15ClS. The summed E-state index contributed by atoms with van der Waals surface area (Å²) in [6.45, 7) is 0. The molecule has 0 aliphatic rings. The minimum absolute atomic E-state index is 0.789. The van der Waals surface area contributed by atoms with Crippen LogP contribution in [0.3, 0.4) is 0 Å². The molecule has 26 heavy (non-hydrogen) atoms. The molecule has 0 saturated carbocycles. The Balaban J connectivity index is 1.76. The van der Waals surface area contributed by atoms with E-state index >= 15 is 0 Å². The molecule has 0 unspecified atom stereocenters. The lowest BCUT2D eigenvalue weighted by molar-refractivity contribution is 1.61. The summed E-state index contributed by atoms with van der Waals surface area (Å²) in [7, 11) is 0. The molecule has 0 atom stereocenters. The normalized spacial score (nSPS) is 11.3. The zero-order valence-electron chi connectivity index (χ0n) is 13.9. The molecule has 2 heteroatoms. The minimum atomic E-state index is 0.789. The molecule has 5 aromatic rings. The van der Waals surface area contributed by atoms with Gasteiger partial charge in [0.05, 0.1) is 0 Å². The first-order chi connectivity index (χ1) is 12.8. The maximum absolute atomic E-state index is 6.20. The quantitative estimate of drug-likeness (QED) is 0.295. The van der Waals surface area contributed by atoms with Gasteiger partial charge in [-0.3, -0.25) is 0 Å². The van der Waals surface area contributed by atoms with Gasteiger partial charge in [-0.1, -0.05) is 78.3 Å². The second-order valence-electron chi connectivity index (χ2n) is 6.37. The summed E-state index contributed by atoms with van der Waals surface area (Å²) in [5.74, 6) is 0. The average Bonchev–Trinajstić information content (AvgIpc) is 3.06. The number of thiophene rings is 1. The molecule has 4 aromatic carbocycles. The molecule has 1 heterocycles. The van der Waals surface area contributed by atoms with Gasteiger partial charge in [0.2, 0.25) is 0 Å². The van der Waals surface area contributed by atoms with Gasteiger partial charge in [-0.2, -0.15) is 0 Å². The van der Waals surface area contributed by atoms with E-state index in [1.165, 1.54) is 42.4 Å². The molecular weight excluding hydrogens is 356 g/mol. The molecule has 0 bridgehead atoms. The number of hydrogen-bond acceptors (Lipinski definition) is 1. The van der Waals surface area contributed by atoms with Crippen molar-refractivity contribution < 1.29 is 0 Å². The molecule has 0 radical (unpaired) electrons. The fourth-order valence-electron chi connectivity index (χ4n) is 3.54. The molecule has 0 aliphatic carbocycles. The van der Waals surface area contributed by atoms with E-state index in [0.717, 1.165) is 5.02 Å². The largest absolute Gasteiger partial charge is 0.135 e. The average molecular weight is 371 g/mol. The summed E-state index contributed by atoms with van der Waals surface area (Å²) in [5.41, 5.74) is 4.99. The van der Waals surface area contributed by atoms with Crippen LogP contribution < -0.4 is 0 Å². The summed E-state index contributed by atoms with van der Waals surface area (Å²) in [5, 5.41) is 3.38. The first-order valence-corrected chi connectivity index (χ1v) is 9.76. The highest BCUT2D eigenvalue weighted by Gasteiger charge is 2.11. The van der Waals surface area contributed by atoms with Gasteiger partial charge in [0.25, 0.3) is 0 Å². The van der Waals surface area contributed by atoms with Crippen LogP contribution in [0.2, 0.25) is 5.02 Å². The van der Waals surface area contributed by atoms with Crippen LogP contribution >= 0.6 is 22.9 Å². The third kappa shape index (κ3) is 2.61. The molecule has 5 rings (SSSR count). The van der Waals surface area contributed by atoms with E-state index in [4.69, 9.17) is 11.6 Å². The van der Waals surface area contributed by atoms with Crippen molar-refractivity contribution in [2.45, 2.75) is 0 Å². The van der Waals surface area contributed by atoms with Crippen LogP contribution in [0, 0.1) is 0 Å². The Hall–Kier alpha value is -2.61. The second kappa shape index (κ2) is 6.28. The predicted molar refractivity (Wildman–Crippen MR) is 115 cm³/mol. The van der Waals surface area contributed by atoms with E-state index in [2.05, 4.69) is 84.9 Å². The van der Waals surface area contributed by atoms with Crippen LogP contribution in [0.1, 0.15) is 0 Å². The van der Waals surface area contributed by atoms with Crippen LogP contribution in [0.15, 0.2) is 91.0 Å². The fraction of sp³-hybridized carbons (Fsp3) is 0. The number of hydrogen-bond donors (Lipinski definition) is 0. The van der Waals surface area contributed by atoms with Crippen molar-refractivity contribution in [2.24, 2.45) is 0 Å². The lowest BCUT2D eigenvalue weighted by atomic mass is 9.96. The smallest absolute Gasteiger partial charge is 0.0420 e. The Bertz CT molecular complexity index is 1240. The number of fused-ring (bicyclic) bond motifs is 3. The van der Waals surface area contributed by atoms with Gasteiger partial charge in [-0.25, -0.2) is 0 Å². The van der Waals surface area contributed by atoms with E-state index in [1.807, 2.05) is 6.07 Å². The van der Waals surface area contributed by atoms with Gasteiger partial charge < -0.3 is 0 Å². The number of benzene rings is 4. The predicted octanol–water partition coefficient (Wildman–Crippen LogP) is 8.04. The van der Waals surface area contributed by atoms with Gasteiger partial charge >= 0.3 is 0 Å².